The van der Waals surface area contributed by atoms with Crippen molar-refractivity contribution in [1.29, 1.82) is 0 Å². The van der Waals surface area contributed by atoms with Crippen LogP contribution in [0.4, 0.5) is 0 Å². The third-order valence-corrected chi connectivity index (χ3v) is 2.72. The fourth-order valence-corrected chi connectivity index (χ4v) is 1.40. The monoisotopic (exact) mass is 321 g/mol. The molecule has 0 heterocycles. The predicted molar refractivity (Wildman–Crippen MR) is 80.0 cm³/mol. The van der Waals surface area contributed by atoms with E-state index in [9.17, 15) is 14.4 Å². The Hall–Kier alpha value is -1.71. The molecule has 0 amide bonds. The van der Waals surface area contributed by atoms with E-state index in [0.717, 1.165) is 19.3 Å². The Morgan fingerprint density at radius 3 is 1.59 bits per heavy atom. The van der Waals surface area contributed by atoms with Crippen LogP contribution >= 0.6 is 0 Å². The number of hydrogen-bond acceptors (Lipinski definition) is 6. The van der Waals surface area contributed by atoms with E-state index >= 15 is 0 Å². The van der Waals surface area contributed by atoms with Crippen molar-refractivity contribution in [3.8, 4) is 0 Å². The zero-order valence-electron chi connectivity index (χ0n) is 12.7. The van der Waals surface area contributed by atoms with Crippen molar-refractivity contribution in [1.82, 2.24) is 0 Å². The van der Waals surface area contributed by atoms with E-state index in [0.29, 0.717) is 19.4 Å². The van der Waals surface area contributed by atoms with Crippen LogP contribution in [-0.2, 0) is 14.4 Å². The van der Waals surface area contributed by atoms with Crippen LogP contribution in [0.1, 0.15) is 51.4 Å². The molecule has 130 valence electrons. The lowest BCUT2D eigenvalue weighted by Crippen LogP contribution is -2.56. The van der Waals surface area contributed by atoms with Crippen molar-refractivity contribution in [2.75, 3.05) is 6.54 Å². The molecule has 0 spiro atoms. The summed E-state index contributed by atoms with van der Waals surface area (Å²) in [6, 6.07) is 0. The lowest BCUT2D eigenvalue weighted by atomic mass is 10.0. The fourth-order valence-electron chi connectivity index (χ4n) is 1.40. The van der Waals surface area contributed by atoms with Crippen LogP contribution in [0.2, 0.25) is 0 Å². The Kier molecular flexibility index (Phi) is 13.3. The first-order chi connectivity index (χ1) is 10.1. The van der Waals surface area contributed by atoms with Gasteiger partial charge in [0.05, 0.1) is 0 Å². The van der Waals surface area contributed by atoms with Crippen molar-refractivity contribution >= 4 is 17.9 Å². The highest BCUT2D eigenvalue weighted by molar-refractivity contribution is 5.77. The van der Waals surface area contributed by atoms with Crippen LogP contribution in [0.15, 0.2) is 0 Å². The molecule has 0 atom stereocenters. The normalized spacial score (nSPS) is 10.5. The number of unbranched alkanes of at least 4 members (excludes halogenated alkanes) is 3. The third kappa shape index (κ3) is 16.3. The maximum Gasteiger partial charge on any atom is 0.338 e. The summed E-state index contributed by atoms with van der Waals surface area (Å²) in [7, 11) is 0. The molecule has 0 aromatic rings. The number of carbonyl (C=O) groups is 3. The minimum atomic E-state index is -1.74. The van der Waals surface area contributed by atoms with Crippen LogP contribution in [-0.4, -0.2) is 45.4 Å². The molecule has 0 aromatic carbocycles. The standard InChI is InChI=1S/C7H14N2O4.C6H13NO2/c8-7(9,6(12)13)4-2-1-3-5(10)11;7-5-3-1-2-4-6(8)9/h1-4,8-9H2,(H,10,11)(H,12,13);1-5,7H2,(H,8,9). The minimum Gasteiger partial charge on any atom is -0.481 e. The average Bonchev–Trinajstić information content (AvgIpc) is 2.40. The van der Waals surface area contributed by atoms with Gasteiger partial charge in [-0.2, -0.15) is 0 Å². The molecule has 0 saturated heterocycles. The summed E-state index contributed by atoms with van der Waals surface area (Å²) in [5, 5.41) is 24.9. The van der Waals surface area contributed by atoms with Crippen molar-refractivity contribution in [2.24, 2.45) is 17.2 Å². The highest BCUT2D eigenvalue weighted by atomic mass is 16.4. The molecule has 0 aliphatic heterocycles. The van der Waals surface area contributed by atoms with Crippen LogP contribution in [0, 0.1) is 0 Å². The van der Waals surface area contributed by atoms with Gasteiger partial charge in [-0.25, -0.2) is 4.79 Å². The van der Waals surface area contributed by atoms with E-state index in [-0.39, 0.29) is 19.3 Å². The van der Waals surface area contributed by atoms with Crippen LogP contribution in [0.25, 0.3) is 0 Å². The number of carboxylic acid groups (broad SMARTS) is 3. The molecule has 0 saturated carbocycles. The van der Waals surface area contributed by atoms with Crippen LogP contribution in [0.5, 0.6) is 0 Å². The van der Waals surface area contributed by atoms with Gasteiger partial charge >= 0.3 is 17.9 Å². The summed E-state index contributed by atoms with van der Waals surface area (Å²) in [6.45, 7) is 0.666. The average molecular weight is 321 g/mol. The summed E-state index contributed by atoms with van der Waals surface area (Å²) in [5.74, 6) is -2.90. The summed E-state index contributed by atoms with van der Waals surface area (Å²) < 4.78 is 0. The molecule has 22 heavy (non-hydrogen) atoms. The Morgan fingerprint density at radius 2 is 1.23 bits per heavy atom. The van der Waals surface area contributed by atoms with Crippen molar-refractivity contribution < 1.29 is 29.7 Å². The molecular formula is C13H27N3O6. The molecule has 0 aromatic heterocycles. The minimum absolute atomic E-state index is 0.00962. The summed E-state index contributed by atoms with van der Waals surface area (Å²) >= 11 is 0. The van der Waals surface area contributed by atoms with Gasteiger partial charge in [-0.3, -0.25) is 9.59 Å². The second-order valence-corrected chi connectivity index (χ2v) is 4.94. The molecule has 0 bridgehead atoms. The highest BCUT2D eigenvalue weighted by Crippen LogP contribution is 2.07. The summed E-state index contributed by atoms with van der Waals surface area (Å²) in [6.07, 6.45) is 3.78. The van der Waals surface area contributed by atoms with Crippen LogP contribution < -0.4 is 17.2 Å². The van der Waals surface area contributed by atoms with E-state index < -0.39 is 23.6 Å². The second kappa shape index (κ2) is 13.0. The Balaban J connectivity index is 0. The second-order valence-electron chi connectivity index (χ2n) is 4.94. The van der Waals surface area contributed by atoms with Crippen molar-refractivity contribution in [2.45, 2.75) is 57.0 Å². The van der Waals surface area contributed by atoms with E-state index in [1.165, 1.54) is 0 Å². The molecule has 0 aliphatic rings. The maximum absolute atomic E-state index is 10.4. The number of rotatable bonds is 11. The number of hydrogen-bond donors (Lipinski definition) is 6. The number of aliphatic carboxylic acids is 3. The Morgan fingerprint density at radius 1 is 0.773 bits per heavy atom. The molecule has 0 aliphatic carbocycles. The predicted octanol–water partition coefficient (Wildman–Crippen LogP) is -0.0802. The van der Waals surface area contributed by atoms with Gasteiger partial charge in [0, 0.05) is 12.8 Å². The van der Waals surface area contributed by atoms with Gasteiger partial charge in [-0.05, 0) is 38.6 Å². The summed E-state index contributed by atoms with van der Waals surface area (Å²) in [4.78, 5) is 30.4. The van der Waals surface area contributed by atoms with Gasteiger partial charge < -0.3 is 32.5 Å². The third-order valence-electron chi connectivity index (χ3n) is 2.72. The first-order valence-corrected chi connectivity index (χ1v) is 7.08. The van der Waals surface area contributed by atoms with Gasteiger partial charge in [-0.15, -0.1) is 0 Å². The smallest absolute Gasteiger partial charge is 0.338 e. The highest BCUT2D eigenvalue weighted by Gasteiger charge is 2.27. The number of nitrogens with two attached hydrogens (primary N) is 3. The van der Waals surface area contributed by atoms with Crippen molar-refractivity contribution in [3.05, 3.63) is 0 Å². The van der Waals surface area contributed by atoms with E-state index in [2.05, 4.69) is 0 Å². The van der Waals surface area contributed by atoms with Crippen LogP contribution in [0.3, 0.4) is 0 Å². The van der Waals surface area contributed by atoms with Gasteiger partial charge in [0.25, 0.3) is 0 Å². The van der Waals surface area contributed by atoms with Gasteiger partial charge in [-0.1, -0.05) is 6.42 Å². The maximum atomic E-state index is 10.4. The molecule has 0 fully saturated rings. The molecule has 0 unspecified atom stereocenters. The quantitative estimate of drug-likeness (QED) is 0.223. The van der Waals surface area contributed by atoms with E-state index in [4.69, 9.17) is 32.5 Å². The van der Waals surface area contributed by atoms with E-state index in [1.807, 2.05) is 0 Å². The van der Waals surface area contributed by atoms with Crippen molar-refractivity contribution in [3.63, 3.8) is 0 Å². The first kappa shape index (κ1) is 22.6. The Labute approximate surface area is 129 Å². The Bertz CT molecular complexity index is 347. The molecular weight excluding hydrogens is 294 g/mol. The van der Waals surface area contributed by atoms with Gasteiger partial charge in [0.15, 0.2) is 5.66 Å². The lowest BCUT2D eigenvalue weighted by Gasteiger charge is -2.18. The lowest BCUT2D eigenvalue weighted by molar-refractivity contribution is -0.143. The summed E-state index contributed by atoms with van der Waals surface area (Å²) in [5.41, 5.74) is 13.9. The zero-order chi connectivity index (χ0) is 17.6. The SMILES string of the molecule is NC(N)(CCCCC(=O)O)C(=O)O.NCCCCCC(=O)O. The topological polar surface area (TPSA) is 190 Å². The molecule has 0 rings (SSSR count). The van der Waals surface area contributed by atoms with E-state index in [1.54, 1.807) is 0 Å². The molecule has 9 heteroatoms. The van der Waals surface area contributed by atoms with Gasteiger partial charge in [0.1, 0.15) is 0 Å². The number of carboxylic acids is 3. The zero-order valence-corrected chi connectivity index (χ0v) is 12.7. The molecule has 0 radical (unpaired) electrons. The molecule has 9 nitrogen and oxygen atoms in total. The largest absolute Gasteiger partial charge is 0.481 e. The fraction of sp³-hybridized carbons (Fsp3) is 0.769. The molecule has 9 N–H and O–H groups in total. The van der Waals surface area contributed by atoms with Gasteiger partial charge in [0.2, 0.25) is 0 Å². The first-order valence-electron chi connectivity index (χ1n) is 7.08.